The van der Waals surface area contributed by atoms with Crippen molar-refractivity contribution >= 4 is 5.97 Å². The molecule has 3 aromatic rings. The molecule has 4 nitrogen and oxygen atoms in total. The van der Waals surface area contributed by atoms with Gasteiger partial charge in [-0.3, -0.25) is 0 Å². The fourth-order valence-electron chi connectivity index (χ4n) is 4.99. The highest BCUT2D eigenvalue weighted by Gasteiger charge is 2.12. The van der Waals surface area contributed by atoms with Gasteiger partial charge in [-0.15, -0.1) is 0 Å². The molecule has 1 unspecified atom stereocenters. The van der Waals surface area contributed by atoms with Crippen molar-refractivity contribution in [2.45, 2.75) is 117 Å². The zero-order valence-corrected chi connectivity index (χ0v) is 26.2. The molecule has 1 atom stereocenters. The van der Waals surface area contributed by atoms with E-state index in [0.29, 0.717) is 12.2 Å². The number of carbonyl (C=O) groups excluding carboxylic acids is 1. The average Bonchev–Trinajstić information content (AvgIpc) is 3.02. The van der Waals surface area contributed by atoms with Gasteiger partial charge >= 0.3 is 5.97 Å². The number of rotatable bonds is 21. The third-order valence-corrected chi connectivity index (χ3v) is 7.68. The van der Waals surface area contributed by atoms with Gasteiger partial charge in [0.05, 0.1) is 18.3 Å². The summed E-state index contributed by atoms with van der Waals surface area (Å²) in [7, 11) is 0. The Hall–Kier alpha value is -3.27. The molecule has 0 spiro atoms. The standard InChI is InChI=1S/C38H52O4/c1-4-6-8-10-11-12-13-15-29-40-36-25-21-33(22-26-36)34-23-27-37(28-24-34)41-30-32-17-19-35(20-18-32)38(39)42-31(3)16-14-9-7-5-2/h17-28,31H,4-16,29-30H2,1-3H3. The maximum absolute atomic E-state index is 12.5. The molecule has 0 N–H and O–H groups in total. The molecule has 0 aliphatic heterocycles. The van der Waals surface area contributed by atoms with Gasteiger partial charge in [-0.25, -0.2) is 4.79 Å². The van der Waals surface area contributed by atoms with Crippen LogP contribution in [0.25, 0.3) is 11.1 Å². The van der Waals surface area contributed by atoms with E-state index in [1.54, 1.807) is 0 Å². The van der Waals surface area contributed by atoms with Crippen LogP contribution >= 0.6 is 0 Å². The summed E-state index contributed by atoms with van der Waals surface area (Å²) in [5.41, 5.74) is 3.87. The van der Waals surface area contributed by atoms with Crippen LogP contribution in [0.4, 0.5) is 0 Å². The molecule has 0 aliphatic carbocycles. The van der Waals surface area contributed by atoms with Crippen molar-refractivity contribution < 1.29 is 19.0 Å². The number of benzene rings is 3. The number of hydrogen-bond acceptors (Lipinski definition) is 4. The fraction of sp³-hybridized carbons (Fsp3) is 0.500. The van der Waals surface area contributed by atoms with Gasteiger partial charge in [-0.1, -0.05) is 114 Å². The molecule has 0 bridgehead atoms. The Balaban J connectivity index is 1.36. The minimum atomic E-state index is -0.260. The molecule has 0 aromatic heterocycles. The summed E-state index contributed by atoms with van der Waals surface area (Å²) in [4.78, 5) is 12.5. The van der Waals surface area contributed by atoms with Crippen LogP contribution in [0.5, 0.6) is 11.5 Å². The molecule has 0 saturated heterocycles. The second-order valence-corrected chi connectivity index (χ2v) is 11.4. The summed E-state index contributed by atoms with van der Waals surface area (Å²) in [6.45, 7) is 7.65. The first-order chi connectivity index (χ1) is 20.6. The predicted molar refractivity (Wildman–Crippen MR) is 174 cm³/mol. The van der Waals surface area contributed by atoms with Crippen molar-refractivity contribution in [2.75, 3.05) is 6.61 Å². The smallest absolute Gasteiger partial charge is 0.338 e. The lowest BCUT2D eigenvalue weighted by Gasteiger charge is -2.13. The van der Waals surface area contributed by atoms with E-state index < -0.39 is 0 Å². The van der Waals surface area contributed by atoms with E-state index in [1.807, 2.05) is 43.3 Å². The molecule has 0 aliphatic rings. The number of ether oxygens (including phenoxy) is 3. The fourth-order valence-corrected chi connectivity index (χ4v) is 4.99. The summed E-state index contributed by atoms with van der Waals surface area (Å²) < 4.78 is 17.5. The number of unbranched alkanes of at least 4 members (excludes halogenated alkanes) is 10. The van der Waals surface area contributed by atoms with Crippen molar-refractivity contribution in [3.05, 3.63) is 83.9 Å². The monoisotopic (exact) mass is 572 g/mol. The average molecular weight is 573 g/mol. The molecule has 42 heavy (non-hydrogen) atoms. The topological polar surface area (TPSA) is 44.8 Å². The normalized spacial score (nSPS) is 11.7. The van der Waals surface area contributed by atoms with Gasteiger partial charge in [0.25, 0.3) is 0 Å². The Labute approximate surface area is 254 Å². The molecule has 0 radical (unpaired) electrons. The van der Waals surface area contributed by atoms with E-state index >= 15 is 0 Å². The lowest BCUT2D eigenvalue weighted by molar-refractivity contribution is 0.0319. The van der Waals surface area contributed by atoms with Crippen LogP contribution in [0.1, 0.15) is 120 Å². The maximum atomic E-state index is 12.5. The van der Waals surface area contributed by atoms with E-state index in [9.17, 15) is 4.79 Å². The SMILES string of the molecule is CCCCCCCCCCOc1ccc(-c2ccc(OCc3ccc(C(=O)OC(C)CCCCCC)cc3)cc2)cc1. The first-order valence-electron chi connectivity index (χ1n) is 16.3. The van der Waals surface area contributed by atoms with Crippen molar-refractivity contribution in [1.29, 1.82) is 0 Å². The van der Waals surface area contributed by atoms with E-state index in [1.165, 1.54) is 64.2 Å². The maximum Gasteiger partial charge on any atom is 0.338 e. The van der Waals surface area contributed by atoms with Gasteiger partial charge in [0, 0.05) is 0 Å². The molecular formula is C38H52O4. The third-order valence-electron chi connectivity index (χ3n) is 7.68. The van der Waals surface area contributed by atoms with Crippen molar-refractivity contribution in [3.8, 4) is 22.6 Å². The Bertz CT molecular complexity index is 1120. The molecule has 4 heteroatoms. The molecule has 0 amide bonds. The first-order valence-corrected chi connectivity index (χ1v) is 16.3. The summed E-state index contributed by atoms with van der Waals surface area (Å²) in [6.07, 6.45) is 16.0. The Morgan fingerprint density at radius 1 is 0.595 bits per heavy atom. The minimum absolute atomic E-state index is 0.0591. The molecule has 3 rings (SSSR count). The lowest BCUT2D eigenvalue weighted by Crippen LogP contribution is -2.15. The number of carbonyl (C=O) groups is 1. The van der Waals surface area contributed by atoms with Gasteiger partial charge in [0.15, 0.2) is 0 Å². The molecule has 0 heterocycles. The van der Waals surface area contributed by atoms with Gasteiger partial charge in [-0.05, 0) is 79.3 Å². The number of esters is 1. The van der Waals surface area contributed by atoms with Gasteiger partial charge < -0.3 is 14.2 Å². The summed E-state index contributed by atoms with van der Waals surface area (Å²) >= 11 is 0. The highest BCUT2D eigenvalue weighted by atomic mass is 16.5. The van der Waals surface area contributed by atoms with Crippen LogP contribution in [0, 0.1) is 0 Å². The lowest BCUT2D eigenvalue weighted by atomic mass is 10.1. The van der Waals surface area contributed by atoms with Crippen molar-refractivity contribution in [1.82, 2.24) is 0 Å². The zero-order valence-electron chi connectivity index (χ0n) is 26.2. The van der Waals surface area contributed by atoms with Crippen LogP contribution in [0.15, 0.2) is 72.8 Å². The van der Waals surface area contributed by atoms with E-state index in [-0.39, 0.29) is 12.1 Å². The largest absolute Gasteiger partial charge is 0.494 e. The molecule has 3 aromatic carbocycles. The van der Waals surface area contributed by atoms with Crippen molar-refractivity contribution in [2.24, 2.45) is 0 Å². The van der Waals surface area contributed by atoms with Gasteiger partial charge in [0.2, 0.25) is 0 Å². The Morgan fingerprint density at radius 2 is 1.10 bits per heavy atom. The zero-order chi connectivity index (χ0) is 29.8. The molecular weight excluding hydrogens is 520 g/mol. The first kappa shape index (κ1) is 33.2. The molecule has 228 valence electrons. The second kappa shape index (κ2) is 19.8. The quantitative estimate of drug-likeness (QED) is 0.0940. The van der Waals surface area contributed by atoms with Crippen LogP contribution in [0.3, 0.4) is 0 Å². The summed E-state index contributed by atoms with van der Waals surface area (Å²) in [5.74, 6) is 1.48. The molecule has 0 saturated carbocycles. The highest BCUT2D eigenvalue weighted by molar-refractivity contribution is 5.89. The van der Waals surface area contributed by atoms with E-state index in [0.717, 1.165) is 54.1 Å². The van der Waals surface area contributed by atoms with Gasteiger partial charge in [-0.2, -0.15) is 0 Å². The van der Waals surface area contributed by atoms with Crippen LogP contribution in [0.2, 0.25) is 0 Å². The Morgan fingerprint density at radius 3 is 1.67 bits per heavy atom. The van der Waals surface area contributed by atoms with Crippen LogP contribution in [-0.4, -0.2) is 18.7 Å². The van der Waals surface area contributed by atoms with Crippen LogP contribution < -0.4 is 9.47 Å². The van der Waals surface area contributed by atoms with E-state index in [2.05, 4.69) is 50.2 Å². The minimum Gasteiger partial charge on any atom is -0.494 e. The highest BCUT2D eigenvalue weighted by Crippen LogP contribution is 2.25. The van der Waals surface area contributed by atoms with Gasteiger partial charge in [0.1, 0.15) is 18.1 Å². The predicted octanol–water partition coefficient (Wildman–Crippen LogP) is 11.0. The Kier molecular flexibility index (Phi) is 15.7. The van der Waals surface area contributed by atoms with E-state index in [4.69, 9.17) is 14.2 Å². The number of hydrogen-bond donors (Lipinski definition) is 0. The second-order valence-electron chi connectivity index (χ2n) is 11.4. The van der Waals surface area contributed by atoms with Crippen LogP contribution in [-0.2, 0) is 11.3 Å². The summed E-state index contributed by atoms with van der Waals surface area (Å²) in [6, 6.07) is 24.0. The van der Waals surface area contributed by atoms with Crippen molar-refractivity contribution in [3.63, 3.8) is 0 Å². The molecule has 0 fully saturated rings. The summed E-state index contributed by atoms with van der Waals surface area (Å²) in [5, 5.41) is 0. The third kappa shape index (κ3) is 12.7.